The van der Waals surface area contributed by atoms with Crippen molar-refractivity contribution in [3.05, 3.63) is 16.1 Å². The molecule has 5 nitrogen and oxygen atoms in total. The van der Waals surface area contributed by atoms with E-state index < -0.39 is 0 Å². The van der Waals surface area contributed by atoms with Crippen LogP contribution in [-0.2, 0) is 9.53 Å². The van der Waals surface area contributed by atoms with E-state index in [9.17, 15) is 4.79 Å². The normalized spacial score (nSPS) is 19.4. The lowest BCUT2D eigenvalue weighted by atomic mass is 10.2. The summed E-state index contributed by atoms with van der Waals surface area (Å²) in [6, 6.07) is -0.242. The Labute approximate surface area is 135 Å². The first-order valence-corrected chi connectivity index (χ1v) is 7.12. The Kier molecular flexibility index (Phi) is 9.33. The Morgan fingerprint density at radius 1 is 1.65 bits per heavy atom. The number of rotatable bonds is 4. The summed E-state index contributed by atoms with van der Waals surface area (Å²) in [6.45, 7) is 5.86. The lowest BCUT2D eigenvalue weighted by Crippen LogP contribution is -2.51. The maximum absolute atomic E-state index is 12.1. The fourth-order valence-corrected chi connectivity index (χ4v) is 2.81. The Morgan fingerprint density at radius 2 is 2.40 bits per heavy atom. The lowest BCUT2D eigenvalue weighted by molar-refractivity contribution is -0.126. The number of thiazole rings is 1. The number of hydrogen-bond donors (Lipinski definition) is 2. The van der Waals surface area contributed by atoms with E-state index >= 15 is 0 Å². The second kappa shape index (κ2) is 9.52. The minimum absolute atomic E-state index is 0. The van der Waals surface area contributed by atoms with Crippen molar-refractivity contribution in [2.45, 2.75) is 32.4 Å². The number of aromatic nitrogens is 1. The van der Waals surface area contributed by atoms with Crippen LogP contribution in [0.1, 0.15) is 30.1 Å². The van der Waals surface area contributed by atoms with Crippen molar-refractivity contribution in [1.29, 1.82) is 0 Å². The molecule has 116 valence electrons. The molecule has 2 heterocycles. The molecule has 0 bridgehead atoms. The third-order valence-electron chi connectivity index (χ3n) is 2.90. The number of nitrogens with one attached hydrogen (secondary N) is 2. The van der Waals surface area contributed by atoms with Gasteiger partial charge in [0.15, 0.2) is 0 Å². The minimum Gasteiger partial charge on any atom is -0.378 e. The fourth-order valence-electron chi connectivity index (χ4n) is 1.88. The van der Waals surface area contributed by atoms with Crippen LogP contribution in [0.3, 0.4) is 0 Å². The number of carbonyl (C=O) groups excluding carboxylic acids is 1. The van der Waals surface area contributed by atoms with E-state index in [1.807, 2.05) is 19.2 Å². The first-order valence-electron chi connectivity index (χ1n) is 6.24. The molecule has 1 fully saturated rings. The summed E-state index contributed by atoms with van der Waals surface area (Å²) in [6.07, 6.45) is 0.840. The molecule has 1 saturated heterocycles. The zero-order valence-corrected chi connectivity index (χ0v) is 14.0. The highest BCUT2D eigenvalue weighted by molar-refractivity contribution is 7.09. The average molecular weight is 342 g/mol. The van der Waals surface area contributed by atoms with E-state index in [1.54, 1.807) is 11.3 Å². The van der Waals surface area contributed by atoms with Gasteiger partial charge in [-0.05, 0) is 13.3 Å². The van der Waals surface area contributed by atoms with Crippen LogP contribution in [0.25, 0.3) is 0 Å². The molecule has 1 aromatic heterocycles. The number of hydrogen-bond acceptors (Lipinski definition) is 5. The number of aryl methyl sites for hydroxylation is 1. The summed E-state index contributed by atoms with van der Waals surface area (Å²) in [4.78, 5) is 16.5. The maximum atomic E-state index is 12.1. The van der Waals surface area contributed by atoms with Crippen molar-refractivity contribution < 1.29 is 9.53 Å². The number of ether oxygens (including phenoxy) is 1. The summed E-state index contributed by atoms with van der Waals surface area (Å²) in [5.41, 5.74) is 1.00. The molecule has 2 unspecified atom stereocenters. The fraction of sp³-hybridized carbons (Fsp3) is 0.667. The molecule has 0 radical (unpaired) electrons. The van der Waals surface area contributed by atoms with Gasteiger partial charge in [-0.2, -0.15) is 0 Å². The van der Waals surface area contributed by atoms with E-state index in [4.69, 9.17) is 4.74 Å². The molecule has 1 amide bonds. The van der Waals surface area contributed by atoms with Crippen LogP contribution in [0.2, 0.25) is 0 Å². The Balaban J connectivity index is 0.00000180. The van der Waals surface area contributed by atoms with E-state index in [0.717, 1.165) is 23.7 Å². The van der Waals surface area contributed by atoms with Gasteiger partial charge in [-0.1, -0.05) is 6.92 Å². The zero-order valence-electron chi connectivity index (χ0n) is 11.5. The van der Waals surface area contributed by atoms with Crippen molar-refractivity contribution in [1.82, 2.24) is 15.6 Å². The van der Waals surface area contributed by atoms with Crippen LogP contribution in [-0.4, -0.2) is 36.7 Å². The van der Waals surface area contributed by atoms with Gasteiger partial charge in [0.2, 0.25) is 5.91 Å². The van der Waals surface area contributed by atoms with Crippen LogP contribution < -0.4 is 10.6 Å². The second-order valence-corrected chi connectivity index (χ2v) is 5.27. The molecule has 2 rings (SSSR count). The van der Waals surface area contributed by atoms with Crippen molar-refractivity contribution in [3.8, 4) is 0 Å². The third-order valence-corrected chi connectivity index (χ3v) is 3.97. The highest BCUT2D eigenvalue weighted by Crippen LogP contribution is 2.20. The van der Waals surface area contributed by atoms with Crippen molar-refractivity contribution in [2.24, 2.45) is 0 Å². The molecule has 2 N–H and O–H groups in total. The molecular formula is C12H21Cl2N3O2S. The standard InChI is InChI=1S/C12H19N3O2S.2ClH/c1-3-9(12-14-8(2)7-18-12)15-11(16)10-6-17-5-4-13-10;;/h7,9-10,13H,3-6H2,1-2H3,(H,15,16);2*1H. The number of amides is 1. The molecule has 1 aromatic rings. The molecule has 20 heavy (non-hydrogen) atoms. The van der Waals surface area contributed by atoms with Crippen molar-refractivity contribution in [2.75, 3.05) is 19.8 Å². The quantitative estimate of drug-likeness (QED) is 0.877. The highest BCUT2D eigenvalue weighted by Gasteiger charge is 2.24. The van der Waals surface area contributed by atoms with Crippen LogP contribution in [0.15, 0.2) is 5.38 Å². The Morgan fingerprint density at radius 3 is 2.90 bits per heavy atom. The van der Waals surface area contributed by atoms with Crippen LogP contribution >= 0.6 is 36.2 Å². The maximum Gasteiger partial charge on any atom is 0.240 e. The largest absolute Gasteiger partial charge is 0.378 e. The predicted molar refractivity (Wildman–Crippen MR) is 85.1 cm³/mol. The summed E-state index contributed by atoms with van der Waals surface area (Å²) in [5, 5.41) is 9.16. The molecule has 0 saturated carbocycles. The van der Waals surface area contributed by atoms with Gasteiger partial charge >= 0.3 is 0 Å². The zero-order chi connectivity index (χ0) is 13.0. The molecular weight excluding hydrogens is 321 g/mol. The first-order chi connectivity index (χ1) is 8.70. The van der Waals surface area contributed by atoms with Crippen molar-refractivity contribution >= 4 is 42.1 Å². The lowest BCUT2D eigenvalue weighted by Gasteiger charge is -2.25. The number of nitrogens with zero attached hydrogens (tertiary/aromatic N) is 1. The second-order valence-electron chi connectivity index (χ2n) is 4.38. The summed E-state index contributed by atoms with van der Waals surface area (Å²) in [5.74, 6) is -0.00518. The van der Waals surface area contributed by atoms with E-state index in [1.165, 1.54) is 0 Å². The summed E-state index contributed by atoms with van der Waals surface area (Å²) >= 11 is 1.59. The predicted octanol–water partition coefficient (Wildman–Crippen LogP) is 1.85. The third kappa shape index (κ3) is 5.18. The average Bonchev–Trinajstić information content (AvgIpc) is 2.83. The Hall–Kier alpha value is -0.400. The van der Waals surface area contributed by atoms with E-state index in [-0.39, 0.29) is 42.8 Å². The number of halogens is 2. The SMILES string of the molecule is CCC(NC(=O)C1COCCN1)c1nc(C)cs1.Cl.Cl. The molecule has 1 aliphatic rings. The summed E-state index contributed by atoms with van der Waals surface area (Å²) in [7, 11) is 0. The number of carbonyl (C=O) groups is 1. The number of morpholine rings is 1. The smallest absolute Gasteiger partial charge is 0.240 e. The van der Waals surface area contributed by atoms with E-state index in [0.29, 0.717) is 13.2 Å². The van der Waals surface area contributed by atoms with Crippen LogP contribution in [0, 0.1) is 6.92 Å². The topological polar surface area (TPSA) is 63.2 Å². The van der Waals surface area contributed by atoms with Gasteiger partial charge < -0.3 is 15.4 Å². The molecule has 0 aliphatic carbocycles. The van der Waals surface area contributed by atoms with Gasteiger partial charge in [0.05, 0.1) is 19.3 Å². The molecule has 0 aromatic carbocycles. The molecule has 2 atom stereocenters. The first kappa shape index (κ1) is 19.6. The molecule has 0 spiro atoms. The van der Waals surface area contributed by atoms with Crippen LogP contribution in [0.5, 0.6) is 0 Å². The molecule has 8 heteroatoms. The Bertz CT molecular complexity index is 411. The van der Waals surface area contributed by atoms with Gasteiger partial charge in [0.25, 0.3) is 0 Å². The molecule has 1 aliphatic heterocycles. The van der Waals surface area contributed by atoms with Gasteiger partial charge in [-0.25, -0.2) is 4.98 Å². The van der Waals surface area contributed by atoms with Crippen LogP contribution in [0.4, 0.5) is 0 Å². The summed E-state index contributed by atoms with van der Waals surface area (Å²) < 4.78 is 5.29. The monoisotopic (exact) mass is 341 g/mol. The van der Waals surface area contributed by atoms with Gasteiger partial charge in [0.1, 0.15) is 11.0 Å². The van der Waals surface area contributed by atoms with Gasteiger partial charge in [0, 0.05) is 17.6 Å². The van der Waals surface area contributed by atoms with Gasteiger partial charge in [-0.15, -0.1) is 36.2 Å². The van der Waals surface area contributed by atoms with E-state index in [2.05, 4.69) is 15.6 Å². The highest BCUT2D eigenvalue weighted by atomic mass is 35.5. The van der Waals surface area contributed by atoms with Gasteiger partial charge in [-0.3, -0.25) is 4.79 Å². The minimum atomic E-state index is -0.242. The van der Waals surface area contributed by atoms with Crippen molar-refractivity contribution in [3.63, 3.8) is 0 Å².